The van der Waals surface area contributed by atoms with Crippen LogP contribution in [0.25, 0.3) is 0 Å². The maximum absolute atomic E-state index is 12.7. The lowest BCUT2D eigenvalue weighted by atomic mass is 9.76. The molecule has 2 N–H and O–H groups in total. The van der Waals surface area contributed by atoms with Crippen molar-refractivity contribution < 1.29 is 14.3 Å². The van der Waals surface area contributed by atoms with E-state index in [0.29, 0.717) is 54.8 Å². The molecule has 1 saturated heterocycles. The third kappa shape index (κ3) is 6.12. The molecule has 0 radical (unpaired) electrons. The van der Waals surface area contributed by atoms with E-state index < -0.39 is 0 Å². The number of primary amides is 1. The highest BCUT2D eigenvalue weighted by Crippen LogP contribution is 2.36. The summed E-state index contributed by atoms with van der Waals surface area (Å²) in [5.74, 6) is 0.389. The fraction of sp³-hybridized carbons (Fsp3) is 0.364. The Bertz CT molecular complexity index is 863. The lowest BCUT2D eigenvalue weighted by Crippen LogP contribution is -2.47. The van der Waals surface area contributed by atoms with Crippen LogP contribution in [0.3, 0.4) is 0 Å². The summed E-state index contributed by atoms with van der Waals surface area (Å²) in [4.78, 5) is 26.2. The smallest absolute Gasteiger partial charge is 0.226 e. The summed E-state index contributed by atoms with van der Waals surface area (Å²) in [5, 5.41) is 1.25. The first-order chi connectivity index (χ1) is 13.8. The summed E-state index contributed by atoms with van der Waals surface area (Å²) in [6.07, 6.45) is 1.86. The maximum Gasteiger partial charge on any atom is 0.226 e. The van der Waals surface area contributed by atoms with Crippen LogP contribution in [-0.2, 0) is 16.0 Å². The highest BCUT2D eigenvalue weighted by Gasteiger charge is 2.38. The van der Waals surface area contributed by atoms with Crippen molar-refractivity contribution in [2.24, 2.45) is 11.1 Å². The van der Waals surface area contributed by atoms with Gasteiger partial charge in [-0.05, 0) is 54.8 Å². The summed E-state index contributed by atoms with van der Waals surface area (Å²) in [7, 11) is 0. The molecule has 5 nitrogen and oxygen atoms in total. The molecule has 2 amide bonds. The zero-order valence-electron chi connectivity index (χ0n) is 16.1. The molecule has 2 aromatic rings. The number of nitrogens with two attached hydrogens (primary N) is 1. The third-order valence-corrected chi connectivity index (χ3v) is 5.82. The average molecular weight is 435 g/mol. The van der Waals surface area contributed by atoms with Crippen molar-refractivity contribution in [3.05, 3.63) is 64.1 Å². The number of carbonyl (C=O) groups excluding carboxylic acids is 2. The van der Waals surface area contributed by atoms with Crippen LogP contribution in [0.1, 0.15) is 24.8 Å². The molecule has 0 bridgehead atoms. The number of amides is 2. The summed E-state index contributed by atoms with van der Waals surface area (Å²) >= 11 is 11.9. The third-order valence-electron chi connectivity index (χ3n) is 5.33. The van der Waals surface area contributed by atoms with Crippen molar-refractivity contribution in [1.29, 1.82) is 0 Å². The molecule has 0 saturated carbocycles. The van der Waals surface area contributed by atoms with Crippen molar-refractivity contribution in [3.63, 3.8) is 0 Å². The molecule has 29 heavy (non-hydrogen) atoms. The predicted octanol–water partition coefficient (Wildman–Crippen LogP) is 4.10. The number of rotatable bonds is 7. The molecule has 3 rings (SSSR count). The minimum Gasteiger partial charge on any atom is -0.493 e. The van der Waals surface area contributed by atoms with Gasteiger partial charge in [0, 0.05) is 35.0 Å². The lowest BCUT2D eigenvalue weighted by Gasteiger charge is -2.41. The summed E-state index contributed by atoms with van der Waals surface area (Å²) in [6.45, 7) is 1.50. The fourth-order valence-corrected chi connectivity index (χ4v) is 4.01. The van der Waals surface area contributed by atoms with E-state index in [1.807, 2.05) is 17.0 Å². The topological polar surface area (TPSA) is 72.6 Å². The first kappa shape index (κ1) is 21.5. The Labute approximate surface area is 180 Å². The van der Waals surface area contributed by atoms with Gasteiger partial charge in [-0.15, -0.1) is 0 Å². The average Bonchev–Trinajstić information content (AvgIpc) is 2.68. The number of halogens is 2. The number of piperidine rings is 1. The number of benzene rings is 2. The van der Waals surface area contributed by atoms with Crippen LogP contribution >= 0.6 is 23.2 Å². The molecule has 1 aliphatic heterocycles. The van der Waals surface area contributed by atoms with Gasteiger partial charge in [0.2, 0.25) is 11.8 Å². The van der Waals surface area contributed by atoms with Gasteiger partial charge in [0.1, 0.15) is 5.75 Å². The summed E-state index contributed by atoms with van der Waals surface area (Å²) in [5.41, 5.74) is 6.02. The van der Waals surface area contributed by atoms with Crippen LogP contribution in [0.2, 0.25) is 10.0 Å². The van der Waals surface area contributed by atoms with Crippen LogP contribution in [0.4, 0.5) is 0 Å². The second-order valence-electron chi connectivity index (χ2n) is 7.57. The monoisotopic (exact) mass is 434 g/mol. The molecular weight excluding hydrogens is 411 g/mol. The molecule has 2 aromatic carbocycles. The Morgan fingerprint density at radius 3 is 2.34 bits per heavy atom. The van der Waals surface area contributed by atoms with Gasteiger partial charge in [-0.25, -0.2) is 0 Å². The number of nitrogens with zero attached hydrogens (tertiary/aromatic N) is 1. The zero-order valence-corrected chi connectivity index (χ0v) is 17.6. The minimum absolute atomic E-state index is 0.0542. The molecule has 7 heteroatoms. The molecule has 1 fully saturated rings. The van der Waals surface area contributed by atoms with Gasteiger partial charge in [0.15, 0.2) is 0 Å². The molecule has 1 aliphatic rings. The van der Waals surface area contributed by atoms with Crippen LogP contribution in [-0.4, -0.2) is 36.4 Å². The van der Waals surface area contributed by atoms with E-state index in [0.717, 1.165) is 5.56 Å². The second-order valence-corrected chi connectivity index (χ2v) is 8.45. The first-order valence-electron chi connectivity index (χ1n) is 9.54. The highest BCUT2D eigenvalue weighted by molar-refractivity contribution is 6.30. The molecule has 0 unspecified atom stereocenters. The standard InChI is InChI=1S/C22H24Cl2N2O3/c23-17-4-6-19(7-5-17)29-15-22(14-20(25)27)8-10-26(11-9-22)21(28)13-16-2-1-3-18(24)12-16/h1-7,12H,8-11,13-15H2,(H2,25,27). The van der Waals surface area contributed by atoms with E-state index >= 15 is 0 Å². The molecule has 154 valence electrons. The molecule has 0 aromatic heterocycles. The normalized spacial score (nSPS) is 15.7. The SMILES string of the molecule is NC(=O)CC1(COc2ccc(Cl)cc2)CCN(C(=O)Cc2cccc(Cl)c2)CC1. The maximum atomic E-state index is 12.7. The summed E-state index contributed by atoms with van der Waals surface area (Å²) < 4.78 is 5.92. The Balaban J connectivity index is 1.60. The molecule has 0 spiro atoms. The van der Waals surface area contributed by atoms with Crippen molar-refractivity contribution in [1.82, 2.24) is 4.90 Å². The largest absolute Gasteiger partial charge is 0.493 e. The fourth-order valence-electron chi connectivity index (χ4n) is 3.67. The van der Waals surface area contributed by atoms with E-state index in [4.69, 9.17) is 33.7 Å². The Morgan fingerprint density at radius 1 is 1.03 bits per heavy atom. The number of ether oxygens (including phenoxy) is 1. The van der Waals surface area contributed by atoms with Crippen LogP contribution < -0.4 is 10.5 Å². The van der Waals surface area contributed by atoms with Crippen LogP contribution in [0, 0.1) is 5.41 Å². The van der Waals surface area contributed by atoms with Crippen LogP contribution in [0.5, 0.6) is 5.75 Å². The number of hydrogen-bond acceptors (Lipinski definition) is 3. The van der Waals surface area contributed by atoms with E-state index in [2.05, 4.69) is 0 Å². The molecule has 0 aliphatic carbocycles. The van der Waals surface area contributed by atoms with Gasteiger partial charge in [0.05, 0.1) is 13.0 Å². The van der Waals surface area contributed by atoms with Gasteiger partial charge in [-0.2, -0.15) is 0 Å². The predicted molar refractivity (Wildman–Crippen MR) is 114 cm³/mol. The highest BCUT2D eigenvalue weighted by atomic mass is 35.5. The second kappa shape index (κ2) is 9.51. The van der Waals surface area contributed by atoms with Gasteiger partial charge in [-0.1, -0.05) is 35.3 Å². The Morgan fingerprint density at radius 2 is 1.72 bits per heavy atom. The van der Waals surface area contributed by atoms with Gasteiger partial charge < -0.3 is 15.4 Å². The van der Waals surface area contributed by atoms with Gasteiger partial charge in [-0.3, -0.25) is 9.59 Å². The van der Waals surface area contributed by atoms with E-state index in [-0.39, 0.29) is 23.7 Å². The van der Waals surface area contributed by atoms with Crippen molar-refractivity contribution >= 4 is 35.0 Å². The minimum atomic E-state index is -0.377. The number of hydrogen-bond donors (Lipinski definition) is 1. The Hall–Kier alpha value is -2.24. The first-order valence-corrected chi connectivity index (χ1v) is 10.3. The van der Waals surface area contributed by atoms with Crippen LogP contribution in [0.15, 0.2) is 48.5 Å². The number of carbonyl (C=O) groups is 2. The molecular formula is C22H24Cl2N2O3. The van der Waals surface area contributed by atoms with Gasteiger partial charge in [0.25, 0.3) is 0 Å². The number of likely N-dealkylation sites (tertiary alicyclic amines) is 1. The van der Waals surface area contributed by atoms with Crippen molar-refractivity contribution in [2.45, 2.75) is 25.7 Å². The zero-order chi connectivity index (χ0) is 20.9. The van der Waals surface area contributed by atoms with E-state index in [9.17, 15) is 9.59 Å². The van der Waals surface area contributed by atoms with Crippen molar-refractivity contribution in [2.75, 3.05) is 19.7 Å². The molecule has 0 atom stereocenters. The van der Waals surface area contributed by atoms with E-state index in [1.165, 1.54) is 0 Å². The lowest BCUT2D eigenvalue weighted by molar-refractivity contribution is -0.133. The molecule has 1 heterocycles. The summed E-state index contributed by atoms with van der Waals surface area (Å²) in [6, 6.07) is 14.4. The van der Waals surface area contributed by atoms with Gasteiger partial charge >= 0.3 is 0 Å². The quantitative estimate of drug-likeness (QED) is 0.712. The van der Waals surface area contributed by atoms with Crippen molar-refractivity contribution in [3.8, 4) is 5.75 Å². The van der Waals surface area contributed by atoms with E-state index in [1.54, 1.807) is 36.4 Å². The Kier molecular flexibility index (Phi) is 7.04.